The number of piperazine rings is 1. The molecule has 2 atom stereocenters. The van der Waals surface area contributed by atoms with Crippen LogP contribution in [-0.2, 0) is 0 Å². The molecule has 4 nitrogen and oxygen atoms in total. The van der Waals surface area contributed by atoms with Crippen LogP contribution < -0.4 is 10.6 Å². The van der Waals surface area contributed by atoms with Gasteiger partial charge < -0.3 is 15.5 Å². The van der Waals surface area contributed by atoms with Crippen LogP contribution in [0.5, 0.6) is 0 Å². The van der Waals surface area contributed by atoms with Crippen LogP contribution >= 0.6 is 0 Å². The van der Waals surface area contributed by atoms with Gasteiger partial charge in [0.05, 0.1) is 0 Å². The van der Waals surface area contributed by atoms with E-state index in [1.54, 1.807) is 0 Å². The minimum atomic E-state index is 0.0563. The Labute approximate surface area is 86.0 Å². The SMILES string of the molecule is CC(C)NC(=O)N1CC(C)NCC1C. The van der Waals surface area contributed by atoms with E-state index in [1.807, 2.05) is 18.7 Å². The molecule has 4 heteroatoms. The van der Waals surface area contributed by atoms with E-state index in [2.05, 4.69) is 24.5 Å². The molecule has 1 saturated heterocycles. The summed E-state index contributed by atoms with van der Waals surface area (Å²) in [7, 11) is 0. The van der Waals surface area contributed by atoms with Crippen molar-refractivity contribution in [2.24, 2.45) is 0 Å². The maximum absolute atomic E-state index is 11.8. The van der Waals surface area contributed by atoms with E-state index < -0.39 is 0 Å². The highest BCUT2D eigenvalue weighted by Gasteiger charge is 2.26. The second-order valence-corrected chi connectivity index (χ2v) is 4.41. The van der Waals surface area contributed by atoms with Gasteiger partial charge in [-0.1, -0.05) is 0 Å². The molecule has 1 fully saturated rings. The van der Waals surface area contributed by atoms with Gasteiger partial charge in [-0.05, 0) is 27.7 Å². The molecule has 0 aromatic rings. The summed E-state index contributed by atoms with van der Waals surface area (Å²) < 4.78 is 0. The first kappa shape index (κ1) is 11.3. The van der Waals surface area contributed by atoms with Gasteiger partial charge in [0.1, 0.15) is 0 Å². The van der Waals surface area contributed by atoms with Gasteiger partial charge in [-0.2, -0.15) is 0 Å². The van der Waals surface area contributed by atoms with Crippen LogP contribution in [0.25, 0.3) is 0 Å². The van der Waals surface area contributed by atoms with Crippen molar-refractivity contribution in [1.29, 1.82) is 0 Å². The molecule has 2 amide bonds. The van der Waals surface area contributed by atoms with Gasteiger partial charge in [0, 0.05) is 31.2 Å². The Morgan fingerprint density at radius 2 is 2.14 bits per heavy atom. The molecule has 0 aliphatic carbocycles. The number of carbonyl (C=O) groups excluding carboxylic acids is 1. The zero-order valence-corrected chi connectivity index (χ0v) is 9.50. The highest BCUT2D eigenvalue weighted by atomic mass is 16.2. The summed E-state index contributed by atoms with van der Waals surface area (Å²) in [6, 6.07) is 0.940. The second-order valence-electron chi connectivity index (χ2n) is 4.41. The lowest BCUT2D eigenvalue weighted by Gasteiger charge is -2.37. The van der Waals surface area contributed by atoms with Crippen LogP contribution in [0.2, 0.25) is 0 Å². The molecule has 0 spiro atoms. The maximum atomic E-state index is 11.8. The summed E-state index contributed by atoms with van der Waals surface area (Å²) in [5, 5.41) is 6.27. The van der Waals surface area contributed by atoms with E-state index in [0.717, 1.165) is 13.1 Å². The fourth-order valence-electron chi connectivity index (χ4n) is 1.63. The number of nitrogens with one attached hydrogen (secondary N) is 2. The summed E-state index contributed by atoms with van der Waals surface area (Å²) >= 11 is 0. The normalized spacial score (nSPS) is 27.9. The minimum absolute atomic E-state index is 0.0563. The number of hydrogen-bond donors (Lipinski definition) is 2. The van der Waals surface area contributed by atoms with Crippen molar-refractivity contribution in [3.05, 3.63) is 0 Å². The molecule has 2 unspecified atom stereocenters. The van der Waals surface area contributed by atoms with E-state index in [1.165, 1.54) is 0 Å². The predicted octanol–water partition coefficient (Wildman–Crippen LogP) is 0.787. The van der Waals surface area contributed by atoms with Gasteiger partial charge in [-0.3, -0.25) is 0 Å². The van der Waals surface area contributed by atoms with E-state index in [-0.39, 0.29) is 18.1 Å². The number of amides is 2. The van der Waals surface area contributed by atoms with Crippen molar-refractivity contribution in [3.8, 4) is 0 Å². The lowest BCUT2D eigenvalue weighted by atomic mass is 10.1. The van der Waals surface area contributed by atoms with Gasteiger partial charge in [0.15, 0.2) is 0 Å². The van der Waals surface area contributed by atoms with E-state index in [9.17, 15) is 4.79 Å². The Morgan fingerprint density at radius 1 is 1.50 bits per heavy atom. The number of urea groups is 1. The third-order valence-electron chi connectivity index (χ3n) is 2.44. The molecule has 0 bridgehead atoms. The number of carbonyl (C=O) groups is 1. The first-order valence-electron chi connectivity index (χ1n) is 5.31. The monoisotopic (exact) mass is 199 g/mol. The average Bonchev–Trinajstić information content (AvgIpc) is 2.08. The van der Waals surface area contributed by atoms with E-state index in [0.29, 0.717) is 6.04 Å². The summed E-state index contributed by atoms with van der Waals surface area (Å²) in [6.45, 7) is 9.80. The Balaban J connectivity index is 2.51. The minimum Gasteiger partial charge on any atom is -0.336 e. The Kier molecular flexibility index (Phi) is 3.75. The third kappa shape index (κ3) is 2.87. The van der Waals surface area contributed by atoms with Crippen LogP contribution in [0, 0.1) is 0 Å². The van der Waals surface area contributed by atoms with Crippen LogP contribution in [0.1, 0.15) is 27.7 Å². The Bertz CT molecular complexity index is 206. The Morgan fingerprint density at radius 3 is 2.71 bits per heavy atom. The molecule has 0 aromatic heterocycles. The van der Waals surface area contributed by atoms with Crippen molar-refractivity contribution in [1.82, 2.24) is 15.5 Å². The number of nitrogens with zero attached hydrogens (tertiary/aromatic N) is 1. The van der Waals surface area contributed by atoms with E-state index in [4.69, 9.17) is 0 Å². The van der Waals surface area contributed by atoms with Crippen molar-refractivity contribution < 1.29 is 4.79 Å². The molecule has 82 valence electrons. The smallest absolute Gasteiger partial charge is 0.317 e. The van der Waals surface area contributed by atoms with Crippen LogP contribution in [0.4, 0.5) is 4.79 Å². The zero-order valence-electron chi connectivity index (χ0n) is 9.50. The molecule has 0 aromatic carbocycles. The molecular formula is C10H21N3O. The molecule has 1 heterocycles. The van der Waals surface area contributed by atoms with Crippen LogP contribution in [-0.4, -0.2) is 42.1 Å². The largest absolute Gasteiger partial charge is 0.336 e. The van der Waals surface area contributed by atoms with Gasteiger partial charge >= 0.3 is 6.03 Å². The van der Waals surface area contributed by atoms with Gasteiger partial charge in [-0.25, -0.2) is 4.79 Å². The first-order chi connectivity index (χ1) is 6.50. The molecular weight excluding hydrogens is 178 g/mol. The summed E-state index contributed by atoms with van der Waals surface area (Å²) in [5.41, 5.74) is 0. The highest BCUT2D eigenvalue weighted by molar-refractivity contribution is 5.75. The summed E-state index contributed by atoms with van der Waals surface area (Å²) in [4.78, 5) is 13.7. The molecule has 2 N–H and O–H groups in total. The lowest BCUT2D eigenvalue weighted by Crippen LogP contribution is -2.59. The maximum Gasteiger partial charge on any atom is 0.317 e. The quantitative estimate of drug-likeness (QED) is 0.655. The van der Waals surface area contributed by atoms with Gasteiger partial charge in [0.2, 0.25) is 0 Å². The predicted molar refractivity (Wildman–Crippen MR) is 57.3 cm³/mol. The molecule has 1 rings (SSSR count). The first-order valence-corrected chi connectivity index (χ1v) is 5.31. The molecule has 1 aliphatic heterocycles. The average molecular weight is 199 g/mol. The third-order valence-corrected chi connectivity index (χ3v) is 2.44. The van der Waals surface area contributed by atoms with Crippen molar-refractivity contribution >= 4 is 6.03 Å². The summed E-state index contributed by atoms with van der Waals surface area (Å²) in [5.74, 6) is 0. The zero-order chi connectivity index (χ0) is 10.7. The van der Waals surface area contributed by atoms with Crippen molar-refractivity contribution in [2.45, 2.75) is 45.8 Å². The lowest BCUT2D eigenvalue weighted by molar-refractivity contribution is 0.148. The van der Waals surface area contributed by atoms with Gasteiger partial charge in [0.25, 0.3) is 0 Å². The van der Waals surface area contributed by atoms with E-state index >= 15 is 0 Å². The number of hydrogen-bond acceptors (Lipinski definition) is 2. The summed E-state index contributed by atoms with van der Waals surface area (Å²) in [6.07, 6.45) is 0. The van der Waals surface area contributed by atoms with Crippen molar-refractivity contribution in [2.75, 3.05) is 13.1 Å². The fraction of sp³-hybridized carbons (Fsp3) is 0.900. The molecule has 1 aliphatic rings. The van der Waals surface area contributed by atoms with Crippen molar-refractivity contribution in [3.63, 3.8) is 0 Å². The van der Waals surface area contributed by atoms with Gasteiger partial charge in [-0.15, -0.1) is 0 Å². The van der Waals surface area contributed by atoms with Crippen LogP contribution in [0.3, 0.4) is 0 Å². The molecule has 14 heavy (non-hydrogen) atoms. The molecule has 0 saturated carbocycles. The highest BCUT2D eigenvalue weighted by Crippen LogP contribution is 2.06. The molecule has 0 radical (unpaired) electrons. The van der Waals surface area contributed by atoms with Crippen LogP contribution in [0.15, 0.2) is 0 Å². The standard InChI is InChI=1S/C10H21N3O/c1-7(2)12-10(14)13-6-8(3)11-5-9(13)4/h7-9,11H,5-6H2,1-4H3,(H,12,14). The fourth-order valence-corrected chi connectivity index (χ4v) is 1.63. The number of rotatable bonds is 1. The second kappa shape index (κ2) is 4.64. The Hall–Kier alpha value is -0.770. The topological polar surface area (TPSA) is 44.4 Å².